The number of rotatable bonds is 0. The van der Waals surface area contributed by atoms with Crippen LogP contribution in [0.5, 0.6) is 0 Å². The van der Waals surface area contributed by atoms with E-state index < -0.39 is 0 Å². The first kappa shape index (κ1) is 67.6. The maximum atomic E-state index is 8.40. The van der Waals surface area contributed by atoms with Crippen LogP contribution in [0, 0.1) is 32.5 Å². The minimum absolute atomic E-state index is 0. The molecule has 2 aromatic rings. The van der Waals surface area contributed by atoms with Crippen LogP contribution in [0.15, 0.2) is 61.2 Å². The van der Waals surface area contributed by atoms with Crippen molar-refractivity contribution < 1.29 is 72.8 Å². The van der Waals surface area contributed by atoms with Gasteiger partial charge >= 0.3 is 0 Å². The number of hydrogen-bond acceptors (Lipinski definition) is 8. The monoisotopic (exact) mass is 1050 g/mol. The van der Waals surface area contributed by atoms with Gasteiger partial charge in [-0.1, -0.05) is 137 Å². The number of aliphatic hydroxyl groups is 6. The van der Waals surface area contributed by atoms with Crippen LogP contribution < -0.4 is 0 Å². The summed E-state index contributed by atoms with van der Waals surface area (Å²) in [6.07, 6.45) is 7.00. The molecule has 0 unspecified atom stereocenters. The Balaban J connectivity index is -0.0000000668. The number of aromatic nitrogens is 2. The van der Waals surface area contributed by atoms with Gasteiger partial charge in [0.15, 0.2) is 0 Å². The molecule has 0 aliphatic carbocycles. The summed E-state index contributed by atoms with van der Waals surface area (Å²) in [5, 5.41) is 50.4. The van der Waals surface area contributed by atoms with Gasteiger partial charge in [-0.15, -0.1) is 0 Å². The smallest absolute Gasteiger partial charge is 0.0479 e. The third-order valence-electron chi connectivity index (χ3n) is 3.98. The Morgan fingerprint density at radius 1 is 0.280 bits per heavy atom. The van der Waals surface area contributed by atoms with Crippen LogP contribution in [0.25, 0.3) is 0 Å². The van der Waals surface area contributed by atoms with Crippen LogP contribution in [0.4, 0.5) is 0 Å². The Hall–Kier alpha value is -0.563. The molecule has 0 saturated carbocycles. The van der Waals surface area contributed by atoms with E-state index in [1.54, 1.807) is 24.8 Å². The zero-order valence-electron chi connectivity index (χ0n) is 35.4. The summed E-state index contributed by atoms with van der Waals surface area (Å²) in [7, 11) is 0. The van der Waals surface area contributed by atoms with Crippen molar-refractivity contribution in [1.82, 2.24) is 9.97 Å². The molecule has 0 atom stereocenters. The van der Waals surface area contributed by atoms with Crippen molar-refractivity contribution >= 4 is 0 Å². The normalized spacial score (nSPS) is 10.6. The SMILES string of the molecule is CC(C)(C)CO.CC(C)(C)CO.CC(C)(C)CO.CC(C)(C)CO.CC(C)(C)CO.CC(C)(C)CO.[W].[W].c1ccncc1.c1ccncc1. The van der Waals surface area contributed by atoms with E-state index in [-0.39, 0.29) is 114 Å². The Kier molecular flexibility index (Phi) is 51.6. The van der Waals surface area contributed by atoms with Gasteiger partial charge in [-0.2, -0.15) is 0 Å². The first-order chi connectivity index (χ1) is 21.4. The molecule has 0 saturated heterocycles. The molecule has 0 aromatic carbocycles. The van der Waals surface area contributed by atoms with Gasteiger partial charge in [-0.25, -0.2) is 0 Å². The topological polar surface area (TPSA) is 147 Å². The summed E-state index contributed by atoms with van der Waals surface area (Å²) in [6, 6.07) is 11.4. The quantitative estimate of drug-likeness (QED) is 0.155. The van der Waals surface area contributed by atoms with Crippen molar-refractivity contribution in [1.29, 1.82) is 0 Å². The molecule has 6 N–H and O–H groups in total. The molecule has 10 heteroatoms. The van der Waals surface area contributed by atoms with Gasteiger partial charge in [0.25, 0.3) is 0 Å². The zero-order valence-corrected chi connectivity index (χ0v) is 41.3. The van der Waals surface area contributed by atoms with Crippen LogP contribution >= 0.6 is 0 Å². The van der Waals surface area contributed by atoms with E-state index in [0.717, 1.165) is 0 Å². The Morgan fingerprint density at radius 2 is 0.380 bits per heavy atom. The molecule has 2 rings (SSSR count). The molecule has 0 aliphatic heterocycles. The fourth-order valence-electron chi connectivity index (χ4n) is 0.625. The van der Waals surface area contributed by atoms with Gasteiger partial charge in [0.2, 0.25) is 0 Å². The molecule has 2 heterocycles. The van der Waals surface area contributed by atoms with E-state index in [4.69, 9.17) is 30.6 Å². The first-order valence-corrected chi connectivity index (χ1v) is 16.7. The largest absolute Gasteiger partial charge is 0.396 e. The van der Waals surface area contributed by atoms with Crippen molar-refractivity contribution in [3.63, 3.8) is 0 Å². The number of pyridine rings is 2. The maximum absolute atomic E-state index is 8.40. The van der Waals surface area contributed by atoms with E-state index >= 15 is 0 Å². The van der Waals surface area contributed by atoms with Crippen molar-refractivity contribution in [2.75, 3.05) is 39.6 Å². The van der Waals surface area contributed by atoms with Crippen molar-refractivity contribution in [3.8, 4) is 0 Å². The molecule has 0 radical (unpaired) electrons. The van der Waals surface area contributed by atoms with Crippen LogP contribution in [0.3, 0.4) is 0 Å². The predicted molar refractivity (Wildman–Crippen MR) is 208 cm³/mol. The summed E-state index contributed by atoms with van der Waals surface area (Å²) in [5.41, 5.74) is 0.583. The predicted octanol–water partition coefficient (Wildman–Crippen LogP) is 8.31. The second-order valence-electron chi connectivity index (χ2n) is 18.4. The molecular weight excluding hydrogens is 972 g/mol. The minimum atomic E-state index is 0. The van der Waals surface area contributed by atoms with Crippen molar-refractivity contribution in [3.05, 3.63) is 61.2 Å². The molecule has 2 aromatic heterocycles. The Bertz CT molecular complexity index is 657. The third-order valence-corrected chi connectivity index (χ3v) is 3.98. The fourth-order valence-corrected chi connectivity index (χ4v) is 0.625. The zero-order chi connectivity index (χ0) is 39.7. The maximum Gasteiger partial charge on any atom is 0.0479 e. The molecule has 0 bridgehead atoms. The van der Waals surface area contributed by atoms with Crippen LogP contribution in [0.1, 0.15) is 125 Å². The standard InChI is InChI=1S/2C5H5N.6C5H12O.2W/c2*1-2-4-6-5-3-1;6*1-5(2,3)4-6;;/h2*1-5H;6*6H,4H2,1-3H3;;. The summed E-state index contributed by atoms with van der Waals surface area (Å²) < 4.78 is 0. The van der Waals surface area contributed by atoms with E-state index in [1.807, 2.05) is 161 Å². The fraction of sp³-hybridized carbons (Fsp3) is 0.750. The second-order valence-corrected chi connectivity index (χ2v) is 18.4. The molecule has 0 amide bonds. The number of nitrogens with zero attached hydrogens (tertiary/aromatic N) is 2. The van der Waals surface area contributed by atoms with Crippen LogP contribution in [0.2, 0.25) is 0 Å². The number of aliphatic hydroxyl groups excluding tert-OH is 6. The van der Waals surface area contributed by atoms with E-state index in [2.05, 4.69) is 9.97 Å². The average Bonchev–Trinajstić information content (AvgIpc) is 2.99. The van der Waals surface area contributed by atoms with Crippen molar-refractivity contribution in [2.45, 2.75) is 125 Å². The Labute approximate surface area is 338 Å². The van der Waals surface area contributed by atoms with Gasteiger partial charge < -0.3 is 30.6 Å². The summed E-state index contributed by atoms with van der Waals surface area (Å²) in [4.78, 5) is 7.57. The number of hydrogen-bond donors (Lipinski definition) is 6. The summed E-state index contributed by atoms with van der Waals surface area (Å²) >= 11 is 0. The van der Waals surface area contributed by atoms with E-state index in [1.165, 1.54) is 0 Å². The molecule has 300 valence electrons. The van der Waals surface area contributed by atoms with Crippen LogP contribution in [-0.2, 0) is 42.1 Å². The van der Waals surface area contributed by atoms with Gasteiger partial charge in [0.05, 0.1) is 0 Å². The molecule has 8 nitrogen and oxygen atoms in total. The molecule has 0 aliphatic rings. The third kappa shape index (κ3) is 118. The average molecular weight is 1050 g/mol. The summed E-state index contributed by atoms with van der Waals surface area (Å²) in [6.45, 7) is 37.5. The summed E-state index contributed by atoms with van der Waals surface area (Å²) in [5.74, 6) is 0. The van der Waals surface area contributed by atoms with Crippen LogP contribution in [-0.4, -0.2) is 80.2 Å². The first-order valence-electron chi connectivity index (χ1n) is 16.7. The minimum Gasteiger partial charge on any atom is -0.396 e. The Morgan fingerprint density at radius 3 is 0.400 bits per heavy atom. The molecule has 0 spiro atoms. The van der Waals surface area contributed by atoms with Crippen molar-refractivity contribution in [2.24, 2.45) is 32.5 Å². The van der Waals surface area contributed by atoms with E-state index in [9.17, 15) is 0 Å². The van der Waals surface area contributed by atoms with Gasteiger partial charge in [-0.3, -0.25) is 9.97 Å². The van der Waals surface area contributed by atoms with Gasteiger partial charge in [0.1, 0.15) is 0 Å². The van der Waals surface area contributed by atoms with E-state index in [0.29, 0.717) is 0 Å². The molecule has 50 heavy (non-hydrogen) atoms. The van der Waals surface area contributed by atoms with Gasteiger partial charge in [-0.05, 0) is 56.8 Å². The molecule has 0 fully saturated rings. The molecular formula is C40H82N2O6W2. The van der Waals surface area contributed by atoms with Gasteiger partial charge in [0, 0.05) is 107 Å². The second kappa shape index (κ2) is 38.2.